The predicted octanol–water partition coefficient (Wildman–Crippen LogP) is 2.63. The highest BCUT2D eigenvalue weighted by Crippen LogP contribution is 2.17. The van der Waals surface area contributed by atoms with Crippen LogP contribution in [0.2, 0.25) is 0 Å². The molecule has 0 aliphatic carbocycles. The standard InChI is InChI=1S/C15H16FN3O2/c1-3-13-17-14(4-2)19(18-13)12-7-5-10(9-11(12)16)6-8-15(20)21/h5-9H,3-4H2,1-2H3,(H,20,21). The van der Waals surface area contributed by atoms with Crippen LogP contribution in [0.5, 0.6) is 0 Å². The van der Waals surface area contributed by atoms with E-state index in [1.807, 2.05) is 13.8 Å². The summed E-state index contributed by atoms with van der Waals surface area (Å²) in [6.45, 7) is 3.87. The van der Waals surface area contributed by atoms with E-state index in [-0.39, 0.29) is 0 Å². The van der Waals surface area contributed by atoms with Crippen LogP contribution < -0.4 is 0 Å². The van der Waals surface area contributed by atoms with E-state index in [0.717, 1.165) is 6.08 Å². The van der Waals surface area contributed by atoms with E-state index in [2.05, 4.69) is 10.1 Å². The zero-order valence-electron chi connectivity index (χ0n) is 11.9. The molecule has 0 saturated carbocycles. The molecule has 2 aromatic rings. The van der Waals surface area contributed by atoms with Crippen LogP contribution in [-0.2, 0) is 17.6 Å². The first-order chi connectivity index (χ1) is 10.0. The molecule has 0 fully saturated rings. The number of carbonyl (C=O) groups is 1. The molecule has 0 aliphatic heterocycles. The van der Waals surface area contributed by atoms with Crippen molar-refractivity contribution in [2.45, 2.75) is 26.7 Å². The van der Waals surface area contributed by atoms with Crippen LogP contribution in [0.25, 0.3) is 11.8 Å². The maximum Gasteiger partial charge on any atom is 0.328 e. The monoisotopic (exact) mass is 289 g/mol. The van der Waals surface area contributed by atoms with Crippen LogP contribution >= 0.6 is 0 Å². The summed E-state index contributed by atoms with van der Waals surface area (Å²) in [5, 5.41) is 12.9. The molecule has 0 radical (unpaired) electrons. The molecule has 110 valence electrons. The van der Waals surface area contributed by atoms with Crippen molar-refractivity contribution in [3.05, 3.63) is 47.3 Å². The molecule has 0 atom stereocenters. The van der Waals surface area contributed by atoms with Gasteiger partial charge < -0.3 is 5.11 Å². The summed E-state index contributed by atoms with van der Waals surface area (Å²) in [6, 6.07) is 4.50. The van der Waals surface area contributed by atoms with Crippen LogP contribution in [0, 0.1) is 5.82 Å². The molecular weight excluding hydrogens is 273 g/mol. The minimum atomic E-state index is -1.07. The third kappa shape index (κ3) is 3.34. The van der Waals surface area contributed by atoms with Crippen molar-refractivity contribution in [2.24, 2.45) is 0 Å². The molecule has 0 spiro atoms. The number of hydrogen-bond acceptors (Lipinski definition) is 3. The number of nitrogens with zero attached hydrogens (tertiary/aromatic N) is 3. The highest BCUT2D eigenvalue weighted by atomic mass is 19.1. The second-order valence-electron chi connectivity index (χ2n) is 4.45. The molecule has 1 aromatic carbocycles. The van der Waals surface area contributed by atoms with Crippen LogP contribution in [0.3, 0.4) is 0 Å². The van der Waals surface area contributed by atoms with E-state index in [4.69, 9.17) is 5.11 Å². The van der Waals surface area contributed by atoms with Crippen molar-refractivity contribution in [2.75, 3.05) is 0 Å². The molecule has 0 aliphatic rings. The van der Waals surface area contributed by atoms with Gasteiger partial charge in [0.2, 0.25) is 0 Å². The van der Waals surface area contributed by atoms with E-state index in [0.29, 0.717) is 35.7 Å². The Morgan fingerprint density at radius 2 is 2.14 bits per heavy atom. The number of carboxylic acid groups (broad SMARTS) is 1. The SMILES string of the molecule is CCc1nc(CC)n(-c2ccc(C=CC(=O)O)cc2F)n1. The maximum absolute atomic E-state index is 14.2. The van der Waals surface area contributed by atoms with Crippen molar-refractivity contribution in [3.8, 4) is 5.69 Å². The molecule has 21 heavy (non-hydrogen) atoms. The minimum absolute atomic E-state index is 0.312. The third-order valence-electron chi connectivity index (χ3n) is 2.97. The van der Waals surface area contributed by atoms with Crippen molar-refractivity contribution >= 4 is 12.0 Å². The van der Waals surface area contributed by atoms with Crippen LogP contribution in [0.15, 0.2) is 24.3 Å². The Morgan fingerprint density at radius 1 is 1.38 bits per heavy atom. The number of aromatic nitrogens is 3. The Hall–Kier alpha value is -2.50. The first-order valence-electron chi connectivity index (χ1n) is 6.70. The molecule has 0 saturated heterocycles. The lowest BCUT2D eigenvalue weighted by molar-refractivity contribution is -0.131. The Kier molecular flexibility index (Phi) is 4.47. The van der Waals surface area contributed by atoms with E-state index in [1.54, 1.807) is 12.1 Å². The fourth-order valence-electron chi connectivity index (χ4n) is 1.93. The fourth-order valence-corrected chi connectivity index (χ4v) is 1.93. The van der Waals surface area contributed by atoms with E-state index >= 15 is 0 Å². The average molecular weight is 289 g/mol. The lowest BCUT2D eigenvalue weighted by atomic mass is 10.2. The van der Waals surface area contributed by atoms with Gasteiger partial charge in [0.05, 0.1) is 0 Å². The Labute approximate surface area is 121 Å². The van der Waals surface area contributed by atoms with Crippen LogP contribution in [0.1, 0.15) is 31.1 Å². The zero-order valence-corrected chi connectivity index (χ0v) is 11.9. The molecule has 1 aromatic heterocycles. The molecule has 6 heteroatoms. The normalized spacial score (nSPS) is 11.2. The van der Waals surface area contributed by atoms with Crippen LogP contribution in [-0.4, -0.2) is 25.8 Å². The topological polar surface area (TPSA) is 68.0 Å². The number of benzene rings is 1. The van der Waals surface area contributed by atoms with Crippen molar-refractivity contribution in [1.29, 1.82) is 0 Å². The number of hydrogen-bond donors (Lipinski definition) is 1. The van der Waals surface area contributed by atoms with Gasteiger partial charge in [-0.25, -0.2) is 18.9 Å². The van der Waals surface area contributed by atoms with E-state index < -0.39 is 11.8 Å². The van der Waals surface area contributed by atoms with Crippen LogP contribution in [0.4, 0.5) is 4.39 Å². The molecule has 0 bridgehead atoms. The molecule has 5 nitrogen and oxygen atoms in total. The van der Waals surface area contributed by atoms with E-state index in [1.165, 1.54) is 16.8 Å². The Morgan fingerprint density at radius 3 is 2.71 bits per heavy atom. The number of rotatable bonds is 5. The molecule has 1 N–H and O–H groups in total. The van der Waals surface area contributed by atoms with Crippen molar-refractivity contribution in [3.63, 3.8) is 0 Å². The lowest BCUT2D eigenvalue weighted by Gasteiger charge is -2.06. The van der Waals surface area contributed by atoms with Gasteiger partial charge in [-0.1, -0.05) is 19.9 Å². The second-order valence-corrected chi connectivity index (χ2v) is 4.45. The quantitative estimate of drug-likeness (QED) is 0.859. The summed E-state index contributed by atoms with van der Waals surface area (Å²) in [7, 11) is 0. The number of aliphatic carboxylic acids is 1. The second kappa shape index (κ2) is 6.30. The average Bonchev–Trinajstić information content (AvgIpc) is 2.88. The smallest absolute Gasteiger partial charge is 0.328 e. The maximum atomic E-state index is 14.2. The van der Waals surface area contributed by atoms with Crippen molar-refractivity contribution in [1.82, 2.24) is 14.8 Å². The zero-order chi connectivity index (χ0) is 15.4. The Balaban J connectivity index is 2.41. The summed E-state index contributed by atoms with van der Waals surface area (Å²) < 4.78 is 15.7. The number of carboxylic acids is 1. The third-order valence-corrected chi connectivity index (χ3v) is 2.97. The van der Waals surface area contributed by atoms with Gasteiger partial charge in [-0.2, -0.15) is 5.10 Å². The number of aryl methyl sites for hydroxylation is 2. The highest BCUT2D eigenvalue weighted by molar-refractivity contribution is 5.85. The summed E-state index contributed by atoms with van der Waals surface area (Å²) >= 11 is 0. The summed E-state index contributed by atoms with van der Waals surface area (Å²) in [5.41, 5.74) is 0.791. The summed E-state index contributed by atoms with van der Waals surface area (Å²) in [5.74, 6) is -0.179. The summed E-state index contributed by atoms with van der Waals surface area (Å²) in [6.07, 6.45) is 3.64. The first kappa shape index (κ1) is 14.9. The molecule has 0 unspecified atom stereocenters. The largest absolute Gasteiger partial charge is 0.478 e. The number of halogens is 1. The van der Waals surface area contributed by atoms with Gasteiger partial charge >= 0.3 is 5.97 Å². The fraction of sp³-hybridized carbons (Fsp3) is 0.267. The van der Waals surface area contributed by atoms with E-state index in [9.17, 15) is 9.18 Å². The Bertz CT molecular complexity index is 692. The van der Waals surface area contributed by atoms with Gasteiger partial charge in [-0.05, 0) is 23.8 Å². The van der Waals surface area contributed by atoms with Crippen molar-refractivity contribution < 1.29 is 14.3 Å². The predicted molar refractivity (Wildman–Crippen MR) is 76.7 cm³/mol. The minimum Gasteiger partial charge on any atom is -0.478 e. The van der Waals surface area contributed by atoms with Gasteiger partial charge in [-0.15, -0.1) is 0 Å². The van der Waals surface area contributed by atoms with Gasteiger partial charge in [0.15, 0.2) is 5.82 Å². The first-order valence-corrected chi connectivity index (χ1v) is 6.70. The lowest BCUT2D eigenvalue weighted by Crippen LogP contribution is -2.05. The highest BCUT2D eigenvalue weighted by Gasteiger charge is 2.12. The molecule has 0 amide bonds. The van der Waals surface area contributed by atoms with Gasteiger partial charge in [-0.3, -0.25) is 0 Å². The summed E-state index contributed by atoms with van der Waals surface area (Å²) in [4.78, 5) is 14.8. The molecule has 2 rings (SSSR count). The van der Waals surface area contributed by atoms with Gasteiger partial charge in [0, 0.05) is 18.9 Å². The van der Waals surface area contributed by atoms with Gasteiger partial charge in [0.25, 0.3) is 0 Å². The van der Waals surface area contributed by atoms with Gasteiger partial charge in [0.1, 0.15) is 17.3 Å². The molecular formula is C15H16FN3O2. The molecule has 1 heterocycles.